The summed E-state index contributed by atoms with van der Waals surface area (Å²) in [5.41, 5.74) is 0.839. The van der Waals surface area contributed by atoms with E-state index in [-0.39, 0.29) is 0 Å². The minimum atomic E-state index is 0.307. The topological polar surface area (TPSA) is 39.9 Å². The molecule has 1 aromatic rings. The van der Waals surface area contributed by atoms with Gasteiger partial charge in [-0.3, -0.25) is 0 Å². The molecule has 1 aromatic heterocycles. The number of piperidine rings is 1. The molecule has 0 aliphatic carbocycles. The molecule has 2 rings (SSSR count). The van der Waals surface area contributed by atoms with Crippen LogP contribution in [0.15, 0.2) is 0 Å². The van der Waals surface area contributed by atoms with Crippen molar-refractivity contribution in [1.82, 2.24) is 4.37 Å². The number of aromatic nitrogens is 1. The van der Waals surface area contributed by atoms with Crippen LogP contribution in [-0.4, -0.2) is 17.5 Å². The van der Waals surface area contributed by atoms with Crippen molar-refractivity contribution in [3.8, 4) is 6.07 Å². The lowest BCUT2D eigenvalue weighted by Gasteiger charge is -2.38. The normalized spacial score (nSPS) is 19.5. The van der Waals surface area contributed by atoms with E-state index in [4.69, 9.17) is 16.9 Å². The minimum absolute atomic E-state index is 0.307. The van der Waals surface area contributed by atoms with E-state index in [0.717, 1.165) is 24.5 Å². The van der Waals surface area contributed by atoms with Crippen molar-refractivity contribution in [3.05, 3.63) is 10.7 Å². The van der Waals surface area contributed by atoms with E-state index in [1.54, 1.807) is 0 Å². The predicted octanol–water partition coefficient (Wildman–Crippen LogP) is 3.29. The fourth-order valence-electron chi connectivity index (χ4n) is 2.17. The second-order valence-electron chi connectivity index (χ2n) is 4.95. The van der Waals surface area contributed by atoms with Gasteiger partial charge < -0.3 is 4.90 Å². The number of hydrogen-bond donors (Lipinski definition) is 0. The highest BCUT2D eigenvalue weighted by atomic mass is 35.5. The van der Waals surface area contributed by atoms with Crippen LogP contribution in [0, 0.1) is 16.7 Å². The highest BCUT2D eigenvalue weighted by molar-refractivity contribution is 7.10. The van der Waals surface area contributed by atoms with Gasteiger partial charge in [0.05, 0.1) is 0 Å². The van der Waals surface area contributed by atoms with Crippen LogP contribution < -0.4 is 4.90 Å². The molecule has 0 bridgehead atoms. The second-order valence-corrected chi connectivity index (χ2v) is 6.06. The summed E-state index contributed by atoms with van der Waals surface area (Å²) >= 11 is 7.22. The third-order valence-electron chi connectivity index (χ3n) is 2.93. The molecule has 5 heteroatoms. The number of anilines is 1. The molecular weight excluding hydrogens is 242 g/mol. The first-order valence-electron chi connectivity index (χ1n) is 5.34. The Kier molecular flexibility index (Phi) is 3.09. The molecule has 16 heavy (non-hydrogen) atoms. The van der Waals surface area contributed by atoms with E-state index in [0.29, 0.717) is 16.1 Å². The van der Waals surface area contributed by atoms with Gasteiger partial charge in [0.1, 0.15) is 16.6 Å². The molecule has 0 radical (unpaired) electrons. The van der Waals surface area contributed by atoms with E-state index in [2.05, 4.69) is 29.2 Å². The van der Waals surface area contributed by atoms with Crippen molar-refractivity contribution < 1.29 is 0 Å². The third-order valence-corrected chi connectivity index (χ3v) is 4.21. The van der Waals surface area contributed by atoms with Gasteiger partial charge in [0, 0.05) is 13.1 Å². The second kappa shape index (κ2) is 4.23. The Balaban J connectivity index is 2.28. The van der Waals surface area contributed by atoms with Gasteiger partial charge in [-0.1, -0.05) is 25.4 Å². The van der Waals surface area contributed by atoms with Gasteiger partial charge in [-0.05, 0) is 29.8 Å². The van der Waals surface area contributed by atoms with Gasteiger partial charge in [-0.2, -0.15) is 9.64 Å². The van der Waals surface area contributed by atoms with Crippen LogP contribution in [-0.2, 0) is 0 Å². The highest BCUT2D eigenvalue weighted by Crippen LogP contribution is 2.37. The lowest BCUT2D eigenvalue weighted by atomic mass is 9.84. The molecule has 0 unspecified atom stereocenters. The van der Waals surface area contributed by atoms with E-state index in [1.165, 1.54) is 18.0 Å². The lowest BCUT2D eigenvalue weighted by Crippen LogP contribution is -2.39. The Morgan fingerprint density at radius 3 is 2.94 bits per heavy atom. The fraction of sp³-hybridized carbons (Fsp3) is 0.636. The third kappa shape index (κ3) is 2.16. The Morgan fingerprint density at radius 1 is 1.56 bits per heavy atom. The molecule has 1 fully saturated rings. The van der Waals surface area contributed by atoms with Crippen molar-refractivity contribution in [2.45, 2.75) is 26.7 Å². The Morgan fingerprint density at radius 2 is 2.31 bits per heavy atom. The first kappa shape index (κ1) is 11.7. The van der Waals surface area contributed by atoms with E-state index >= 15 is 0 Å². The van der Waals surface area contributed by atoms with Crippen LogP contribution in [0.5, 0.6) is 0 Å². The van der Waals surface area contributed by atoms with Crippen LogP contribution in [0.2, 0.25) is 5.15 Å². The van der Waals surface area contributed by atoms with Gasteiger partial charge in [0.15, 0.2) is 5.15 Å². The number of nitrogens with zero attached hydrogens (tertiary/aromatic N) is 3. The predicted molar refractivity (Wildman–Crippen MR) is 67.1 cm³/mol. The molecule has 0 spiro atoms. The van der Waals surface area contributed by atoms with E-state index in [1.807, 2.05) is 0 Å². The standard InChI is InChI=1S/C11H14ClN3S/c1-11(2)4-3-5-15(7-11)10-8(6-13)9(12)14-16-10/h3-5,7H2,1-2H3. The molecule has 3 nitrogen and oxygen atoms in total. The molecular formula is C11H14ClN3S. The molecule has 0 amide bonds. The van der Waals surface area contributed by atoms with E-state index < -0.39 is 0 Å². The summed E-state index contributed by atoms with van der Waals surface area (Å²) in [4.78, 5) is 2.24. The van der Waals surface area contributed by atoms with Gasteiger partial charge in [0.25, 0.3) is 0 Å². The molecule has 2 heterocycles. The quantitative estimate of drug-likeness (QED) is 0.773. The van der Waals surface area contributed by atoms with E-state index in [9.17, 15) is 0 Å². The van der Waals surface area contributed by atoms with Crippen molar-refractivity contribution in [1.29, 1.82) is 5.26 Å². The average Bonchev–Trinajstić information content (AvgIpc) is 2.58. The van der Waals surface area contributed by atoms with Gasteiger partial charge in [0.2, 0.25) is 0 Å². The van der Waals surface area contributed by atoms with Crippen LogP contribution in [0.4, 0.5) is 5.00 Å². The van der Waals surface area contributed by atoms with Crippen LogP contribution in [0.25, 0.3) is 0 Å². The summed E-state index contributed by atoms with van der Waals surface area (Å²) in [7, 11) is 0. The summed E-state index contributed by atoms with van der Waals surface area (Å²) in [6, 6.07) is 2.14. The first-order chi connectivity index (χ1) is 7.53. The molecule has 1 aliphatic heterocycles. The van der Waals surface area contributed by atoms with Crippen LogP contribution in [0.1, 0.15) is 32.3 Å². The van der Waals surface area contributed by atoms with Crippen molar-refractivity contribution >= 4 is 28.1 Å². The zero-order valence-corrected chi connectivity index (χ0v) is 11.0. The van der Waals surface area contributed by atoms with Gasteiger partial charge in [-0.15, -0.1) is 0 Å². The summed E-state index contributed by atoms with van der Waals surface area (Å²) in [5, 5.41) is 10.3. The first-order valence-corrected chi connectivity index (χ1v) is 6.49. The van der Waals surface area contributed by atoms with Gasteiger partial charge in [-0.25, -0.2) is 0 Å². The molecule has 0 aromatic carbocycles. The Bertz CT molecular complexity index is 433. The smallest absolute Gasteiger partial charge is 0.162 e. The zero-order valence-electron chi connectivity index (χ0n) is 9.46. The maximum absolute atomic E-state index is 9.05. The summed E-state index contributed by atoms with van der Waals surface area (Å²) in [6.45, 7) is 6.48. The number of nitriles is 1. The molecule has 0 saturated carbocycles. The molecule has 86 valence electrons. The molecule has 0 atom stereocenters. The number of rotatable bonds is 1. The summed E-state index contributed by atoms with van der Waals surface area (Å²) < 4.78 is 4.05. The number of hydrogen-bond acceptors (Lipinski definition) is 4. The fourth-order valence-corrected chi connectivity index (χ4v) is 3.22. The summed E-state index contributed by atoms with van der Waals surface area (Å²) in [6.07, 6.45) is 2.39. The number of halogens is 1. The maximum atomic E-state index is 9.05. The maximum Gasteiger partial charge on any atom is 0.162 e. The zero-order chi connectivity index (χ0) is 11.8. The van der Waals surface area contributed by atoms with Crippen LogP contribution in [0.3, 0.4) is 0 Å². The van der Waals surface area contributed by atoms with Gasteiger partial charge >= 0.3 is 0 Å². The average molecular weight is 256 g/mol. The monoisotopic (exact) mass is 255 g/mol. The SMILES string of the molecule is CC1(C)CCCN(c2snc(Cl)c2C#N)C1. The van der Waals surface area contributed by atoms with Crippen molar-refractivity contribution in [2.24, 2.45) is 5.41 Å². The Hall–Kier alpha value is -0.790. The van der Waals surface area contributed by atoms with Crippen molar-refractivity contribution in [3.63, 3.8) is 0 Å². The molecule has 1 aliphatic rings. The Labute approximate surface area is 105 Å². The lowest BCUT2D eigenvalue weighted by molar-refractivity contribution is 0.294. The largest absolute Gasteiger partial charge is 0.361 e. The highest BCUT2D eigenvalue weighted by Gasteiger charge is 2.29. The molecule has 0 N–H and O–H groups in total. The minimum Gasteiger partial charge on any atom is -0.361 e. The van der Waals surface area contributed by atoms with Crippen LogP contribution >= 0.6 is 23.1 Å². The molecule has 1 saturated heterocycles. The van der Waals surface area contributed by atoms with Crippen molar-refractivity contribution in [2.75, 3.05) is 18.0 Å². The summed E-state index contributed by atoms with van der Waals surface area (Å²) in [5.74, 6) is 0.